The summed E-state index contributed by atoms with van der Waals surface area (Å²) in [5.74, 6) is -3.41. The number of hydrogen-bond acceptors (Lipinski definition) is 8. The maximum Gasteiger partial charge on any atom is 0.329 e. The Labute approximate surface area is 368 Å². The molecule has 0 radical (unpaired) electrons. The van der Waals surface area contributed by atoms with Gasteiger partial charge in [0.2, 0.25) is 0 Å². The summed E-state index contributed by atoms with van der Waals surface area (Å²) in [6.07, 6.45) is 3.72. The van der Waals surface area contributed by atoms with Crippen LogP contribution in [0.2, 0.25) is 5.02 Å². The molecule has 5 aromatic rings. The fourth-order valence-corrected chi connectivity index (χ4v) is 5.42. The molecule has 0 saturated carbocycles. The van der Waals surface area contributed by atoms with E-state index in [-0.39, 0.29) is 32.5 Å². The van der Waals surface area contributed by atoms with Gasteiger partial charge in [-0.1, -0.05) is 139 Å². The van der Waals surface area contributed by atoms with Crippen LogP contribution in [0.15, 0.2) is 140 Å². The molecule has 5 rings (SSSR count). The summed E-state index contributed by atoms with van der Waals surface area (Å²) in [5, 5.41) is 34.3. The van der Waals surface area contributed by atoms with E-state index in [1.807, 2.05) is 115 Å². The third-order valence-corrected chi connectivity index (χ3v) is 8.57. The lowest BCUT2D eigenvalue weighted by Crippen LogP contribution is -2.06. The van der Waals surface area contributed by atoms with E-state index in [0.717, 1.165) is 47.9 Å². The highest BCUT2D eigenvalue weighted by Crippen LogP contribution is 2.19. The third kappa shape index (κ3) is 28.6. The minimum absolute atomic E-state index is 0.0511. The second kappa shape index (κ2) is 33.8. The van der Waals surface area contributed by atoms with Gasteiger partial charge in [0.25, 0.3) is 0 Å². The van der Waals surface area contributed by atoms with Crippen LogP contribution in [0.25, 0.3) is 11.1 Å². The normalized spacial score (nSPS) is 10.1. The molecule has 332 valence electrons. The molecule has 5 aromatic carbocycles. The highest BCUT2D eigenvalue weighted by atomic mass is 35.5. The molecule has 0 aliphatic rings. The molecule has 0 aliphatic heterocycles. The van der Waals surface area contributed by atoms with Gasteiger partial charge in [0, 0.05) is 11.6 Å². The number of hydrogen-bond donors (Lipinski definition) is 4. The van der Waals surface area contributed by atoms with Gasteiger partial charge in [-0.2, -0.15) is 0 Å². The van der Waals surface area contributed by atoms with Crippen LogP contribution in [0.5, 0.6) is 0 Å². The van der Waals surface area contributed by atoms with Crippen LogP contribution in [0.3, 0.4) is 0 Å². The number of ether oxygens (including phenoxy) is 4. The Morgan fingerprint density at radius 2 is 0.839 bits per heavy atom. The minimum Gasteiger partial charge on any atom is -0.481 e. The zero-order valence-electron chi connectivity index (χ0n) is 34.8. The molecule has 0 unspecified atom stereocenters. The quantitative estimate of drug-likeness (QED) is 0.0432. The number of carboxylic acids is 4. The molecule has 0 heterocycles. The molecule has 62 heavy (non-hydrogen) atoms. The van der Waals surface area contributed by atoms with Crippen LogP contribution in [0.1, 0.15) is 47.9 Å². The fourth-order valence-electron chi connectivity index (χ4n) is 5.21. The van der Waals surface area contributed by atoms with Crippen molar-refractivity contribution >= 4 is 35.5 Å². The number of aryl methyl sites for hydroxylation is 1. The Bertz CT molecular complexity index is 1940. The molecule has 0 atom stereocenters. The zero-order valence-corrected chi connectivity index (χ0v) is 35.6. The summed E-state index contributed by atoms with van der Waals surface area (Å²) in [6.45, 7) is 2.65. The van der Waals surface area contributed by atoms with Gasteiger partial charge >= 0.3 is 23.9 Å². The number of carboxylic acid groups (broad SMARTS) is 4. The van der Waals surface area contributed by atoms with Crippen molar-refractivity contribution in [2.75, 3.05) is 46.2 Å². The van der Waals surface area contributed by atoms with E-state index >= 15 is 0 Å². The van der Waals surface area contributed by atoms with Crippen molar-refractivity contribution in [1.29, 1.82) is 0 Å². The second-order valence-corrected chi connectivity index (χ2v) is 13.9. The van der Waals surface area contributed by atoms with Gasteiger partial charge in [0.15, 0.2) is 0 Å². The minimum atomic E-state index is -0.948. The number of carbonyl (C=O) groups is 4. The SMILES string of the molecule is O=C(O)CCOCCCc1ccccc1.O=C(O)CCOCCc1cccc(Cl)c1.O=C(O)CCOCCc1ccccc1.O=C(O)COCc1ccc(-c2ccccc2)cc1. The fraction of sp³-hybridized carbons (Fsp3) is 0.306. The summed E-state index contributed by atoms with van der Waals surface area (Å²) in [7, 11) is 0. The molecule has 13 heteroatoms. The smallest absolute Gasteiger partial charge is 0.329 e. The van der Waals surface area contributed by atoms with E-state index in [2.05, 4.69) is 24.3 Å². The first kappa shape index (κ1) is 52.2. The zero-order chi connectivity index (χ0) is 45.0. The Balaban J connectivity index is 0.000000286. The van der Waals surface area contributed by atoms with Crippen LogP contribution in [0.4, 0.5) is 0 Å². The van der Waals surface area contributed by atoms with E-state index < -0.39 is 23.9 Å². The number of benzene rings is 5. The lowest BCUT2D eigenvalue weighted by Gasteiger charge is -2.04. The van der Waals surface area contributed by atoms with Gasteiger partial charge in [0.05, 0.1) is 58.9 Å². The Kier molecular flexibility index (Phi) is 28.5. The van der Waals surface area contributed by atoms with E-state index in [1.54, 1.807) is 0 Å². The van der Waals surface area contributed by atoms with E-state index in [0.29, 0.717) is 44.7 Å². The summed E-state index contributed by atoms with van der Waals surface area (Å²) in [4.78, 5) is 40.8. The molecule has 0 saturated heterocycles. The predicted molar refractivity (Wildman–Crippen MR) is 238 cm³/mol. The second-order valence-electron chi connectivity index (χ2n) is 13.4. The van der Waals surface area contributed by atoms with Gasteiger partial charge in [-0.25, -0.2) is 4.79 Å². The monoisotopic (exact) mass is 872 g/mol. The van der Waals surface area contributed by atoms with Gasteiger partial charge in [-0.15, -0.1) is 0 Å². The van der Waals surface area contributed by atoms with E-state index in [9.17, 15) is 19.2 Å². The van der Waals surface area contributed by atoms with Gasteiger partial charge in [-0.3, -0.25) is 14.4 Å². The van der Waals surface area contributed by atoms with Crippen LogP contribution < -0.4 is 0 Å². The molecule has 0 amide bonds. The molecule has 0 aromatic heterocycles. The first-order valence-corrected chi connectivity index (χ1v) is 20.5. The summed E-state index contributed by atoms with van der Waals surface area (Å²) >= 11 is 5.81. The van der Waals surface area contributed by atoms with Crippen LogP contribution in [-0.4, -0.2) is 90.6 Å². The van der Waals surface area contributed by atoms with Crippen molar-refractivity contribution in [1.82, 2.24) is 0 Å². The van der Waals surface area contributed by atoms with Gasteiger partial charge in [-0.05, 0) is 71.2 Å². The highest BCUT2D eigenvalue weighted by molar-refractivity contribution is 6.30. The van der Waals surface area contributed by atoms with E-state index in [4.69, 9.17) is 51.0 Å². The lowest BCUT2D eigenvalue weighted by molar-refractivity contribution is -0.143. The predicted octanol–water partition coefficient (Wildman–Crippen LogP) is 9.16. The van der Waals surface area contributed by atoms with E-state index in [1.165, 1.54) is 11.1 Å². The largest absolute Gasteiger partial charge is 0.481 e. The number of rotatable bonds is 24. The molecule has 0 spiro atoms. The molecule has 12 nitrogen and oxygen atoms in total. The van der Waals surface area contributed by atoms with Crippen LogP contribution in [0, 0.1) is 0 Å². The van der Waals surface area contributed by atoms with Crippen molar-refractivity contribution in [3.63, 3.8) is 0 Å². The summed E-state index contributed by atoms with van der Waals surface area (Å²) < 4.78 is 20.5. The number of halogens is 1. The molecule has 0 fully saturated rings. The van der Waals surface area contributed by atoms with Crippen LogP contribution >= 0.6 is 11.6 Å². The topological polar surface area (TPSA) is 186 Å². The van der Waals surface area contributed by atoms with Crippen LogP contribution in [-0.2, 0) is 64.0 Å². The van der Waals surface area contributed by atoms with Crippen molar-refractivity contribution in [3.05, 3.63) is 167 Å². The molecule has 0 aliphatic carbocycles. The molecular formula is C49H57ClO12. The van der Waals surface area contributed by atoms with Crippen molar-refractivity contribution in [2.45, 2.75) is 51.6 Å². The Morgan fingerprint density at radius 1 is 0.403 bits per heavy atom. The highest BCUT2D eigenvalue weighted by Gasteiger charge is 2.02. The first-order chi connectivity index (χ1) is 30.0. The molecule has 4 N–H and O–H groups in total. The maximum absolute atomic E-state index is 10.3. The van der Waals surface area contributed by atoms with Gasteiger partial charge < -0.3 is 39.4 Å². The molecular weight excluding hydrogens is 816 g/mol. The Morgan fingerprint density at radius 3 is 1.32 bits per heavy atom. The van der Waals surface area contributed by atoms with Gasteiger partial charge in [0.1, 0.15) is 6.61 Å². The van der Waals surface area contributed by atoms with Crippen molar-refractivity contribution in [3.8, 4) is 11.1 Å². The molecule has 0 bridgehead atoms. The summed E-state index contributed by atoms with van der Waals surface area (Å²) in [6, 6.07) is 45.7. The van der Waals surface area contributed by atoms with Crippen molar-refractivity contribution < 1.29 is 58.6 Å². The number of aliphatic carboxylic acids is 4. The average molecular weight is 873 g/mol. The Hall–Kier alpha value is -5.89. The standard InChI is InChI=1S/C15H14O3.C12H16O3.C11H13ClO3.C11H14O3/c16-15(17)11-18-10-12-6-8-14(9-7-12)13-4-2-1-3-5-13;13-12(14)8-10-15-9-4-7-11-5-2-1-3-6-11;12-10-3-1-2-9(8-10)4-6-15-7-5-11(13)14;12-11(13)7-9-14-8-6-10-4-2-1-3-5-10/h1-9H,10-11H2,(H,16,17);1-3,5-6H,4,7-10H2,(H,13,14);1-3,8H,4-7H2,(H,13,14);1-5H,6-9H2,(H,12,13). The maximum atomic E-state index is 10.3. The third-order valence-electron chi connectivity index (χ3n) is 8.34. The first-order valence-electron chi connectivity index (χ1n) is 20.2. The van der Waals surface area contributed by atoms with Crippen molar-refractivity contribution in [2.24, 2.45) is 0 Å². The lowest BCUT2D eigenvalue weighted by atomic mass is 10.0. The average Bonchev–Trinajstić information content (AvgIpc) is 3.26. The summed E-state index contributed by atoms with van der Waals surface area (Å²) in [5.41, 5.74) is 6.86.